The molecule has 0 bridgehead atoms. The zero-order valence-corrected chi connectivity index (χ0v) is 21.3. The van der Waals surface area contributed by atoms with E-state index >= 15 is 0 Å². The number of aromatic nitrogens is 1. The summed E-state index contributed by atoms with van der Waals surface area (Å²) in [5.74, 6) is -0.514. The Morgan fingerprint density at radius 1 is 1.11 bits per heavy atom. The van der Waals surface area contributed by atoms with Crippen molar-refractivity contribution in [3.8, 4) is 10.6 Å². The van der Waals surface area contributed by atoms with Crippen LogP contribution in [0.1, 0.15) is 15.9 Å². The Morgan fingerprint density at radius 2 is 1.86 bits per heavy atom. The van der Waals surface area contributed by atoms with Gasteiger partial charge in [-0.2, -0.15) is 0 Å². The van der Waals surface area contributed by atoms with Gasteiger partial charge >= 0.3 is 0 Å². The molecule has 1 aliphatic rings. The maximum atomic E-state index is 12.7. The quantitative estimate of drug-likeness (QED) is 0.212. The van der Waals surface area contributed by atoms with Crippen LogP contribution in [0.4, 0.5) is 11.4 Å². The molecule has 2 N–H and O–H groups in total. The smallest absolute Gasteiger partial charge is 0.293 e. The van der Waals surface area contributed by atoms with Crippen LogP contribution in [0.25, 0.3) is 20.8 Å². The second-order valence-corrected chi connectivity index (χ2v) is 9.82. The van der Waals surface area contributed by atoms with E-state index in [1.165, 1.54) is 6.07 Å². The Balaban J connectivity index is 1.19. The van der Waals surface area contributed by atoms with Crippen LogP contribution < -0.4 is 15.5 Å². The van der Waals surface area contributed by atoms with Gasteiger partial charge in [-0.25, -0.2) is 4.98 Å². The fourth-order valence-corrected chi connectivity index (χ4v) is 5.18. The molecule has 1 amide bonds. The number of carbonyl (C=O) groups excluding carboxylic acids is 1. The minimum Gasteiger partial charge on any atom is -0.378 e. The molecule has 0 unspecified atom stereocenters. The van der Waals surface area contributed by atoms with Crippen LogP contribution in [0.3, 0.4) is 0 Å². The van der Waals surface area contributed by atoms with Gasteiger partial charge in [-0.1, -0.05) is 36.4 Å². The molecule has 0 spiro atoms. The second-order valence-electron chi connectivity index (χ2n) is 8.38. The summed E-state index contributed by atoms with van der Waals surface area (Å²) < 4.78 is 6.46. The van der Waals surface area contributed by atoms with Gasteiger partial charge in [0.1, 0.15) is 10.7 Å². The van der Waals surface area contributed by atoms with E-state index in [1.54, 1.807) is 23.5 Å². The maximum Gasteiger partial charge on any atom is 0.293 e. The molecule has 5 rings (SSSR count). The SMILES string of the molecule is O=C(NC(=S)NCc1ccc(-c2nc3ccccc3s2)cc1)c1ccc(N2CCOCC2)c([N+](=O)[O-])c1. The average Bonchev–Trinajstić information content (AvgIpc) is 3.37. The van der Waals surface area contributed by atoms with E-state index in [-0.39, 0.29) is 16.4 Å². The molecule has 37 heavy (non-hydrogen) atoms. The zero-order valence-electron chi connectivity index (χ0n) is 19.7. The Bertz CT molecular complexity index is 1430. The Hall–Kier alpha value is -3.93. The van der Waals surface area contributed by atoms with Crippen LogP contribution in [0.15, 0.2) is 66.7 Å². The van der Waals surface area contributed by atoms with Gasteiger partial charge in [0.15, 0.2) is 5.11 Å². The summed E-state index contributed by atoms with van der Waals surface area (Å²) in [7, 11) is 0. The number of nitro groups is 1. The third-order valence-corrected chi connectivity index (χ3v) is 7.29. The van der Waals surface area contributed by atoms with E-state index < -0.39 is 10.8 Å². The molecule has 1 aliphatic heterocycles. The largest absolute Gasteiger partial charge is 0.378 e. The molecule has 1 saturated heterocycles. The van der Waals surface area contributed by atoms with Crippen molar-refractivity contribution < 1.29 is 14.5 Å². The number of hydrogen-bond acceptors (Lipinski definition) is 8. The predicted molar refractivity (Wildman–Crippen MR) is 148 cm³/mol. The number of ether oxygens (including phenoxy) is 1. The number of nitro benzene ring substituents is 1. The van der Waals surface area contributed by atoms with Gasteiger partial charge in [0, 0.05) is 36.8 Å². The van der Waals surface area contributed by atoms with Crippen LogP contribution >= 0.6 is 23.6 Å². The number of para-hydroxylation sites is 1. The first-order chi connectivity index (χ1) is 18.0. The number of benzene rings is 3. The van der Waals surface area contributed by atoms with Gasteiger partial charge in [0.2, 0.25) is 0 Å². The minimum atomic E-state index is -0.514. The molecule has 11 heteroatoms. The van der Waals surface area contributed by atoms with Crippen molar-refractivity contribution in [1.82, 2.24) is 15.6 Å². The first-order valence-corrected chi connectivity index (χ1v) is 12.9. The third-order valence-electron chi connectivity index (χ3n) is 5.96. The number of morpholine rings is 1. The van der Waals surface area contributed by atoms with Crippen molar-refractivity contribution in [3.05, 3.63) is 88.0 Å². The van der Waals surface area contributed by atoms with E-state index in [2.05, 4.69) is 21.7 Å². The second kappa shape index (κ2) is 11.0. The number of amides is 1. The van der Waals surface area contributed by atoms with Crippen molar-refractivity contribution in [2.75, 3.05) is 31.2 Å². The molecule has 1 aromatic heterocycles. The predicted octanol–water partition coefficient (Wildman–Crippen LogP) is 4.51. The van der Waals surface area contributed by atoms with E-state index in [1.807, 2.05) is 47.4 Å². The number of fused-ring (bicyclic) bond motifs is 1. The van der Waals surface area contributed by atoms with Gasteiger partial charge in [-0.05, 0) is 42.0 Å². The van der Waals surface area contributed by atoms with Crippen LogP contribution in [0.5, 0.6) is 0 Å². The number of thiazole rings is 1. The van der Waals surface area contributed by atoms with Crippen LogP contribution in [-0.4, -0.2) is 47.2 Å². The molecule has 188 valence electrons. The first kappa shape index (κ1) is 24.8. The number of nitrogens with one attached hydrogen (secondary N) is 2. The molecule has 0 atom stereocenters. The number of carbonyl (C=O) groups is 1. The van der Waals surface area contributed by atoms with E-state index in [0.717, 1.165) is 26.4 Å². The lowest BCUT2D eigenvalue weighted by atomic mass is 10.1. The highest BCUT2D eigenvalue weighted by Crippen LogP contribution is 2.31. The van der Waals surface area contributed by atoms with Crippen molar-refractivity contribution in [3.63, 3.8) is 0 Å². The molecule has 0 saturated carbocycles. The number of hydrogen-bond donors (Lipinski definition) is 2. The Labute approximate surface area is 222 Å². The summed E-state index contributed by atoms with van der Waals surface area (Å²) in [6.07, 6.45) is 0. The molecule has 1 fully saturated rings. The standard InChI is InChI=1S/C26H23N5O4S2/c32-24(19-9-10-21(22(15-19)31(33)34)30-11-13-35-14-12-30)29-26(36)27-16-17-5-7-18(8-6-17)25-28-20-3-1-2-4-23(20)37-25/h1-10,15H,11-14,16H2,(H2,27,29,32,36). The van der Waals surface area contributed by atoms with E-state index in [4.69, 9.17) is 17.0 Å². The van der Waals surface area contributed by atoms with Crippen LogP contribution in [-0.2, 0) is 11.3 Å². The number of anilines is 1. The highest BCUT2D eigenvalue weighted by Gasteiger charge is 2.23. The number of rotatable bonds is 6. The van der Waals surface area contributed by atoms with Crippen LogP contribution in [0.2, 0.25) is 0 Å². The lowest BCUT2D eigenvalue weighted by molar-refractivity contribution is -0.384. The van der Waals surface area contributed by atoms with Crippen molar-refractivity contribution >= 4 is 56.2 Å². The number of nitrogens with zero attached hydrogens (tertiary/aromatic N) is 3. The third kappa shape index (κ3) is 5.74. The molecular formula is C26H23N5O4S2. The number of thiocarbonyl (C=S) groups is 1. The van der Waals surface area contributed by atoms with E-state index in [0.29, 0.717) is 38.5 Å². The lowest BCUT2D eigenvalue weighted by Crippen LogP contribution is -2.39. The van der Waals surface area contributed by atoms with Gasteiger partial charge in [0.25, 0.3) is 11.6 Å². The highest BCUT2D eigenvalue weighted by molar-refractivity contribution is 7.80. The maximum absolute atomic E-state index is 12.7. The molecule has 9 nitrogen and oxygen atoms in total. The van der Waals surface area contributed by atoms with E-state index in [9.17, 15) is 14.9 Å². The summed E-state index contributed by atoms with van der Waals surface area (Å²) in [5.41, 5.74) is 3.50. The minimum absolute atomic E-state index is 0.123. The normalized spacial score (nSPS) is 13.4. The fraction of sp³-hybridized carbons (Fsp3) is 0.192. The monoisotopic (exact) mass is 533 g/mol. The molecule has 0 aliphatic carbocycles. The van der Waals surface area contributed by atoms with Gasteiger partial charge < -0.3 is 15.0 Å². The fourth-order valence-electron chi connectivity index (χ4n) is 4.05. The van der Waals surface area contributed by atoms with Gasteiger partial charge in [-0.3, -0.25) is 20.2 Å². The average molecular weight is 534 g/mol. The molecule has 3 aromatic carbocycles. The zero-order chi connectivity index (χ0) is 25.8. The van der Waals surface area contributed by atoms with Crippen molar-refractivity contribution in [2.45, 2.75) is 6.54 Å². The summed E-state index contributed by atoms with van der Waals surface area (Å²) in [5, 5.41) is 18.4. The summed E-state index contributed by atoms with van der Waals surface area (Å²) in [6.45, 7) is 2.54. The Kier molecular flexibility index (Phi) is 7.35. The van der Waals surface area contributed by atoms with Gasteiger partial charge in [0.05, 0.1) is 28.4 Å². The summed E-state index contributed by atoms with van der Waals surface area (Å²) in [6, 6.07) is 20.4. The van der Waals surface area contributed by atoms with Gasteiger partial charge in [-0.15, -0.1) is 11.3 Å². The molecule has 2 heterocycles. The van der Waals surface area contributed by atoms with Crippen molar-refractivity contribution in [2.24, 2.45) is 0 Å². The van der Waals surface area contributed by atoms with Crippen molar-refractivity contribution in [1.29, 1.82) is 0 Å². The molecule has 4 aromatic rings. The summed E-state index contributed by atoms with van der Waals surface area (Å²) >= 11 is 6.92. The Morgan fingerprint density at radius 3 is 2.59 bits per heavy atom. The topological polar surface area (TPSA) is 110 Å². The first-order valence-electron chi connectivity index (χ1n) is 11.6. The van der Waals surface area contributed by atoms with Crippen LogP contribution in [0, 0.1) is 10.1 Å². The lowest BCUT2D eigenvalue weighted by Gasteiger charge is -2.28. The highest BCUT2D eigenvalue weighted by atomic mass is 32.1. The molecular weight excluding hydrogens is 510 g/mol. The summed E-state index contributed by atoms with van der Waals surface area (Å²) in [4.78, 5) is 30.5. The molecule has 0 radical (unpaired) electrons.